The largest absolute Gasteiger partial charge is 0.381 e. The van der Waals surface area contributed by atoms with Crippen molar-refractivity contribution in [3.8, 4) is 6.07 Å². The highest BCUT2D eigenvalue weighted by molar-refractivity contribution is 5.84. The Bertz CT molecular complexity index is 288. The van der Waals surface area contributed by atoms with Crippen LogP contribution in [0.2, 0.25) is 0 Å². The Labute approximate surface area is 90.7 Å². The molecule has 1 fully saturated rings. The standard InChI is InChI=1S/C12H17NO2/c1-15-9-7-10-4-2-6-12(14)11(10)5-3-8-13/h7,11H,2-6,9H2,1H3/b10-7-. The zero-order valence-corrected chi connectivity index (χ0v) is 9.16. The number of nitriles is 1. The Balaban J connectivity index is 2.64. The van der Waals surface area contributed by atoms with Gasteiger partial charge in [-0.15, -0.1) is 0 Å². The van der Waals surface area contributed by atoms with E-state index >= 15 is 0 Å². The number of allylic oxidation sites excluding steroid dienone is 1. The molecule has 1 rings (SSSR count). The number of rotatable bonds is 4. The Morgan fingerprint density at radius 1 is 1.60 bits per heavy atom. The minimum absolute atomic E-state index is 0.0199. The zero-order valence-electron chi connectivity index (χ0n) is 9.16. The van der Waals surface area contributed by atoms with Crippen molar-refractivity contribution in [3.05, 3.63) is 11.6 Å². The topological polar surface area (TPSA) is 50.1 Å². The minimum atomic E-state index is -0.0199. The summed E-state index contributed by atoms with van der Waals surface area (Å²) in [4.78, 5) is 11.7. The summed E-state index contributed by atoms with van der Waals surface area (Å²) >= 11 is 0. The smallest absolute Gasteiger partial charge is 0.140 e. The van der Waals surface area contributed by atoms with E-state index < -0.39 is 0 Å². The fourth-order valence-corrected chi connectivity index (χ4v) is 2.01. The van der Waals surface area contributed by atoms with Crippen molar-refractivity contribution in [2.24, 2.45) is 5.92 Å². The van der Waals surface area contributed by atoms with Crippen LogP contribution in [0.5, 0.6) is 0 Å². The maximum Gasteiger partial charge on any atom is 0.140 e. The van der Waals surface area contributed by atoms with Crippen LogP contribution in [0.1, 0.15) is 32.1 Å². The normalized spacial score (nSPS) is 24.1. The van der Waals surface area contributed by atoms with E-state index in [4.69, 9.17) is 10.00 Å². The van der Waals surface area contributed by atoms with Crippen LogP contribution in [0.25, 0.3) is 0 Å². The van der Waals surface area contributed by atoms with E-state index in [0.717, 1.165) is 12.8 Å². The molecule has 0 aromatic heterocycles. The molecule has 0 heterocycles. The molecule has 3 heteroatoms. The quantitative estimate of drug-likeness (QED) is 0.664. The van der Waals surface area contributed by atoms with Gasteiger partial charge in [0.05, 0.1) is 12.7 Å². The predicted octanol–water partition coefficient (Wildman–Crippen LogP) is 2.23. The molecule has 0 aromatic carbocycles. The van der Waals surface area contributed by atoms with Gasteiger partial charge in [0.15, 0.2) is 0 Å². The van der Waals surface area contributed by atoms with Gasteiger partial charge in [-0.25, -0.2) is 0 Å². The second-order valence-electron chi connectivity index (χ2n) is 3.80. The number of hydrogen-bond donors (Lipinski definition) is 0. The number of Topliss-reactive ketones (excluding diaryl/α,β-unsaturated/α-hetero) is 1. The monoisotopic (exact) mass is 207 g/mol. The Morgan fingerprint density at radius 2 is 2.40 bits per heavy atom. The Morgan fingerprint density at radius 3 is 3.07 bits per heavy atom. The van der Waals surface area contributed by atoms with Crippen LogP contribution < -0.4 is 0 Å². The molecule has 1 saturated carbocycles. The molecule has 1 atom stereocenters. The number of ether oxygens (including phenoxy) is 1. The van der Waals surface area contributed by atoms with Gasteiger partial charge in [0.1, 0.15) is 5.78 Å². The van der Waals surface area contributed by atoms with Crippen LogP contribution in [0.3, 0.4) is 0 Å². The summed E-state index contributed by atoms with van der Waals surface area (Å²) in [6, 6.07) is 2.10. The van der Waals surface area contributed by atoms with Crippen LogP contribution >= 0.6 is 0 Å². The van der Waals surface area contributed by atoms with E-state index in [2.05, 4.69) is 6.07 Å². The lowest BCUT2D eigenvalue weighted by Gasteiger charge is -2.23. The highest BCUT2D eigenvalue weighted by Crippen LogP contribution is 2.29. The molecule has 1 aliphatic rings. The number of ketones is 1. The maximum atomic E-state index is 11.7. The first kappa shape index (κ1) is 11.9. The third-order valence-electron chi connectivity index (χ3n) is 2.78. The second kappa shape index (κ2) is 6.36. The molecule has 3 nitrogen and oxygen atoms in total. The molecule has 1 aliphatic carbocycles. The van der Waals surface area contributed by atoms with Crippen molar-refractivity contribution in [2.75, 3.05) is 13.7 Å². The first-order valence-corrected chi connectivity index (χ1v) is 5.37. The van der Waals surface area contributed by atoms with E-state index in [9.17, 15) is 4.79 Å². The number of hydrogen-bond acceptors (Lipinski definition) is 3. The average Bonchev–Trinajstić information content (AvgIpc) is 2.25. The van der Waals surface area contributed by atoms with Crippen LogP contribution in [-0.4, -0.2) is 19.5 Å². The summed E-state index contributed by atoms with van der Waals surface area (Å²) in [5.41, 5.74) is 1.17. The number of methoxy groups -OCH3 is 1. The lowest BCUT2D eigenvalue weighted by Crippen LogP contribution is -2.22. The molecule has 0 bridgehead atoms. The van der Waals surface area contributed by atoms with Gasteiger partial charge in [0.2, 0.25) is 0 Å². The molecule has 0 amide bonds. The van der Waals surface area contributed by atoms with E-state index in [0.29, 0.717) is 31.7 Å². The van der Waals surface area contributed by atoms with E-state index in [-0.39, 0.29) is 5.92 Å². The summed E-state index contributed by atoms with van der Waals surface area (Å²) in [5, 5.41) is 8.54. The highest BCUT2D eigenvalue weighted by Gasteiger charge is 2.25. The van der Waals surface area contributed by atoms with Crippen LogP contribution in [-0.2, 0) is 9.53 Å². The van der Waals surface area contributed by atoms with E-state index in [1.807, 2.05) is 6.08 Å². The van der Waals surface area contributed by atoms with Crippen LogP contribution in [0.4, 0.5) is 0 Å². The van der Waals surface area contributed by atoms with Crippen molar-refractivity contribution in [3.63, 3.8) is 0 Å². The number of carbonyl (C=O) groups is 1. The van der Waals surface area contributed by atoms with Crippen molar-refractivity contribution >= 4 is 5.78 Å². The van der Waals surface area contributed by atoms with Gasteiger partial charge in [-0.2, -0.15) is 5.26 Å². The van der Waals surface area contributed by atoms with Gasteiger partial charge in [0, 0.05) is 25.9 Å². The van der Waals surface area contributed by atoms with Crippen LogP contribution in [0.15, 0.2) is 11.6 Å². The summed E-state index contributed by atoms with van der Waals surface area (Å²) in [7, 11) is 1.64. The Hall–Kier alpha value is -1.14. The van der Waals surface area contributed by atoms with Gasteiger partial charge in [-0.1, -0.05) is 11.6 Å². The molecule has 0 aromatic rings. The first-order valence-electron chi connectivity index (χ1n) is 5.37. The van der Waals surface area contributed by atoms with E-state index in [1.54, 1.807) is 7.11 Å². The van der Waals surface area contributed by atoms with Gasteiger partial charge < -0.3 is 4.74 Å². The molecule has 82 valence electrons. The lowest BCUT2D eigenvalue weighted by atomic mass is 9.80. The second-order valence-corrected chi connectivity index (χ2v) is 3.80. The maximum absolute atomic E-state index is 11.7. The van der Waals surface area contributed by atoms with Crippen molar-refractivity contribution in [2.45, 2.75) is 32.1 Å². The number of nitrogens with zero attached hydrogens (tertiary/aromatic N) is 1. The predicted molar refractivity (Wildman–Crippen MR) is 57.2 cm³/mol. The van der Waals surface area contributed by atoms with E-state index in [1.165, 1.54) is 5.57 Å². The molecular formula is C12H17NO2. The van der Waals surface area contributed by atoms with Gasteiger partial charge >= 0.3 is 0 Å². The third kappa shape index (κ3) is 3.49. The third-order valence-corrected chi connectivity index (χ3v) is 2.78. The summed E-state index contributed by atoms with van der Waals surface area (Å²) in [6.45, 7) is 0.561. The molecule has 15 heavy (non-hydrogen) atoms. The number of carbonyl (C=O) groups excluding carboxylic acids is 1. The molecule has 0 saturated heterocycles. The molecule has 0 N–H and O–H groups in total. The van der Waals surface area contributed by atoms with Crippen molar-refractivity contribution in [1.82, 2.24) is 0 Å². The van der Waals surface area contributed by atoms with Crippen molar-refractivity contribution in [1.29, 1.82) is 5.26 Å². The molecule has 0 aliphatic heterocycles. The minimum Gasteiger partial charge on any atom is -0.381 e. The summed E-state index contributed by atoms with van der Waals surface area (Å²) in [6.07, 6.45) is 5.72. The molecule has 0 radical (unpaired) electrons. The van der Waals surface area contributed by atoms with Gasteiger partial charge in [-0.05, 0) is 19.3 Å². The molecule has 1 unspecified atom stereocenters. The Kier molecular flexibility index (Phi) is 5.06. The summed E-state index contributed by atoms with van der Waals surface area (Å²) in [5.74, 6) is 0.271. The fourth-order valence-electron chi connectivity index (χ4n) is 2.01. The highest BCUT2D eigenvalue weighted by atomic mass is 16.5. The van der Waals surface area contributed by atoms with Gasteiger partial charge in [0.25, 0.3) is 0 Å². The SMILES string of the molecule is COC/C=C1/CCCC(=O)C1CCC#N. The van der Waals surface area contributed by atoms with Crippen LogP contribution in [0, 0.1) is 17.2 Å². The van der Waals surface area contributed by atoms with Crippen molar-refractivity contribution < 1.29 is 9.53 Å². The molecule has 0 spiro atoms. The first-order chi connectivity index (χ1) is 7.29. The zero-order chi connectivity index (χ0) is 11.1. The summed E-state index contributed by atoms with van der Waals surface area (Å²) < 4.78 is 4.98. The molecular weight excluding hydrogens is 190 g/mol. The fraction of sp³-hybridized carbons (Fsp3) is 0.667. The van der Waals surface area contributed by atoms with Gasteiger partial charge in [-0.3, -0.25) is 4.79 Å². The lowest BCUT2D eigenvalue weighted by molar-refractivity contribution is -0.122. The average molecular weight is 207 g/mol.